The fourth-order valence-electron chi connectivity index (χ4n) is 2.08. The molecular weight excluding hydrogens is 236 g/mol. The van der Waals surface area contributed by atoms with Crippen molar-refractivity contribution in [2.24, 2.45) is 7.05 Å². The summed E-state index contributed by atoms with van der Waals surface area (Å²) < 4.78 is 6.16. The quantitative estimate of drug-likeness (QED) is 0.858. The number of rotatable bonds is 2. The predicted octanol–water partition coefficient (Wildman–Crippen LogP) is 0.936. The van der Waals surface area contributed by atoms with Gasteiger partial charge in [0.25, 0.3) is 0 Å². The van der Waals surface area contributed by atoms with Crippen molar-refractivity contribution in [1.29, 1.82) is 0 Å². The van der Waals surface area contributed by atoms with Gasteiger partial charge in [0.1, 0.15) is 5.82 Å². The second-order valence-corrected chi connectivity index (χ2v) is 4.87. The van der Waals surface area contributed by atoms with Crippen LogP contribution in [0.1, 0.15) is 24.0 Å². The number of nitrogens with zero attached hydrogens (tertiary/aromatic N) is 5. The average molecular weight is 250 g/mol. The van der Waals surface area contributed by atoms with E-state index in [1.807, 2.05) is 11.7 Å². The standard InChI is InChI=1S/C10H14N6S/c1-3-8-12-10(17-14-8)16-4-6-7(5-16)15(2)13-9(6)11/h3-5H2,1-2H3,(H2,11,13). The first-order valence-corrected chi connectivity index (χ1v) is 6.34. The zero-order valence-electron chi connectivity index (χ0n) is 9.84. The van der Waals surface area contributed by atoms with Gasteiger partial charge in [-0.1, -0.05) is 6.92 Å². The molecular formula is C10H14N6S. The van der Waals surface area contributed by atoms with E-state index in [1.54, 1.807) is 0 Å². The summed E-state index contributed by atoms with van der Waals surface area (Å²) >= 11 is 1.45. The van der Waals surface area contributed by atoms with Gasteiger partial charge in [0, 0.05) is 30.6 Å². The molecule has 0 spiro atoms. The van der Waals surface area contributed by atoms with E-state index < -0.39 is 0 Å². The lowest BCUT2D eigenvalue weighted by molar-refractivity contribution is 0.706. The SMILES string of the molecule is CCc1nsc(N2Cc3c(N)nn(C)c3C2)n1. The maximum absolute atomic E-state index is 5.87. The van der Waals surface area contributed by atoms with Gasteiger partial charge < -0.3 is 10.6 Å². The summed E-state index contributed by atoms with van der Waals surface area (Å²) in [5.74, 6) is 1.54. The van der Waals surface area contributed by atoms with Crippen molar-refractivity contribution in [3.63, 3.8) is 0 Å². The normalized spacial score (nSPS) is 14.4. The van der Waals surface area contributed by atoms with Crippen LogP contribution in [-0.2, 0) is 26.6 Å². The van der Waals surface area contributed by atoms with Crippen LogP contribution < -0.4 is 10.6 Å². The molecule has 0 fully saturated rings. The highest BCUT2D eigenvalue weighted by atomic mass is 32.1. The number of fused-ring (bicyclic) bond motifs is 1. The molecule has 90 valence electrons. The maximum Gasteiger partial charge on any atom is 0.205 e. The number of hydrogen-bond donors (Lipinski definition) is 1. The number of aromatic nitrogens is 4. The Morgan fingerprint density at radius 2 is 2.24 bits per heavy atom. The van der Waals surface area contributed by atoms with E-state index in [1.165, 1.54) is 17.2 Å². The number of nitrogen functional groups attached to an aromatic ring is 1. The summed E-state index contributed by atoms with van der Waals surface area (Å²) in [6, 6.07) is 0. The highest BCUT2D eigenvalue weighted by molar-refractivity contribution is 7.09. The van der Waals surface area contributed by atoms with Crippen LogP contribution in [0, 0.1) is 0 Å². The molecule has 2 N–H and O–H groups in total. The van der Waals surface area contributed by atoms with E-state index in [4.69, 9.17) is 5.73 Å². The minimum Gasteiger partial charge on any atom is -0.382 e. The Morgan fingerprint density at radius 3 is 2.88 bits per heavy atom. The van der Waals surface area contributed by atoms with Crippen LogP contribution in [0.2, 0.25) is 0 Å². The van der Waals surface area contributed by atoms with Crippen LogP contribution >= 0.6 is 11.5 Å². The van der Waals surface area contributed by atoms with Gasteiger partial charge >= 0.3 is 0 Å². The lowest BCUT2D eigenvalue weighted by atomic mass is 10.3. The van der Waals surface area contributed by atoms with E-state index >= 15 is 0 Å². The van der Waals surface area contributed by atoms with Gasteiger partial charge in [-0.25, -0.2) is 4.98 Å². The monoisotopic (exact) mass is 250 g/mol. The highest BCUT2D eigenvalue weighted by Gasteiger charge is 2.27. The van der Waals surface area contributed by atoms with E-state index in [0.717, 1.165) is 36.0 Å². The summed E-state index contributed by atoms with van der Waals surface area (Å²) in [5.41, 5.74) is 8.18. The lowest BCUT2D eigenvalue weighted by Crippen LogP contribution is -2.16. The molecule has 0 aliphatic carbocycles. The molecule has 17 heavy (non-hydrogen) atoms. The number of aryl methyl sites for hydroxylation is 2. The summed E-state index contributed by atoms with van der Waals surface area (Å²) in [6.45, 7) is 3.66. The Labute approximate surface area is 103 Å². The van der Waals surface area contributed by atoms with E-state index in [0.29, 0.717) is 5.82 Å². The zero-order valence-corrected chi connectivity index (χ0v) is 10.7. The van der Waals surface area contributed by atoms with Crippen LogP contribution in [0.15, 0.2) is 0 Å². The van der Waals surface area contributed by atoms with Gasteiger partial charge in [0.05, 0.1) is 18.8 Å². The Morgan fingerprint density at radius 1 is 1.41 bits per heavy atom. The fourth-order valence-corrected chi connectivity index (χ4v) is 2.82. The molecule has 2 aromatic heterocycles. The minimum absolute atomic E-state index is 0.630. The first kappa shape index (κ1) is 10.5. The number of anilines is 2. The van der Waals surface area contributed by atoms with Crippen LogP contribution in [0.5, 0.6) is 0 Å². The van der Waals surface area contributed by atoms with Crippen molar-refractivity contribution in [3.05, 3.63) is 17.1 Å². The molecule has 0 atom stereocenters. The molecule has 0 aromatic carbocycles. The summed E-state index contributed by atoms with van der Waals surface area (Å²) in [6.07, 6.45) is 0.876. The molecule has 0 saturated heterocycles. The molecule has 7 heteroatoms. The lowest BCUT2D eigenvalue weighted by Gasteiger charge is -2.13. The molecule has 2 aromatic rings. The molecule has 0 unspecified atom stereocenters. The van der Waals surface area contributed by atoms with Gasteiger partial charge in [-0.2, -0.15) is 9.47 Å². The van der Waals surface area contributed by atoms with Crippen molar-refractivity contribution >= 4 is 22.5 Å². The van der Waals surface area contributed by atoms with Crippen LogP contribution in [0.3, 0.4) is 0 Å². The molecule has 0 amide bonds. The van der Waals surface area contributed by atoms with Crippen LogP contribution in [0.4, 0.5) is 10.9 Å². The molecule has 0 bridgehead atoms. The van der Waals surface area contributed by atoms with Crippen molar-refractivity contribution in [1.82, 2.24) is 19.1 Å². The topological polar surface area (TPSA) is 72.9 Å². The molecule has 3 rings (SSSR count). The summed E-state index contributed by atoms with van der Waals surface area (Å²) in [4.78, 5) is 6.69. The third-order valence-electron chi connectivity index (χ3n) is 3.04. The van der Waals surface area contributed by atoms with E-state index in [9.17, 15) is 0 Å². The smallest absolute Gasteiger partial charge is 0.205 e. The summed E-state index contributed by atoms with van der Waals surface area (Å²) in [5, 5.41) is 5.19. The summed E-state index contributed by atoms with van der Waals surface area (Å²) in [7, 11) is 1.93. The molecule has 6 nitrogen and oxygen atoms in total. The van der Waals surface area contributed by atoms with Gasteiger partial charge in [-0.05, 0) is 0 Å². The second-order valence-electron chi connectivity index (χ2n) is 4.14. The van der Waals surface area contributed by atoms with Gasteiger partial charge in [0.15, 0.2) is 5.82 Å². The molecule has 1 aliphatic rings. The Hall–Kier alpha value is -1.63. The zero-order chi connectivity index (χ0) is 12.0. The van der Waals surface area contributed by atoms with Crippen molar-refractivity contribution in [2.45, 2.75) is 26.4 Å². The first-order valence-electron chi connectivity index (χ1n) is 5.56. The molecule has 3 heterocycles. The molecule has 0 saturated carbocycles. The van der Waals surface area contributed by atoms with E-state index in [-0.39, 0.29) is 0 Å². The second kappa shape index (κ2) is 3.69. The Balaban J connectivity index is 1.88. The van der Waals surface area contributed by atoms with Crippen molar-refractivity contribution in [2.75, 3.05) is 10.6 Å². The predicted molar refractivity (Wildman–Crippen MR) is 66.8 cm³/mol. The average Bonchev–Trinajstić information content (AvgIpc) is 2.98. The van der Waals surface area contributed by atoms with E-state index in [2.05, 4.69) is 26.3 Å². The van der Waals surface area contributed by atoms with Crippen LogP contribution in [-0.4, -0.2) is 19.1 Å². The van der Waals surface area contributed by atoms with Crippen LogP contribution in [0.25, 0.3) is 0 Å². The van der Waals surface area contributed by atoms with Crippen molar-refractivity contribution < 1.29 is 0 Å². The Kier molecular flexibility index (Phi) is 2.29. The van der Waals surface area contributed by atoms with Gasteiger partial charge in [-0.3, -0.25) is 4.68 Å². The third kappa shape index (κ3) is 1.57. The number of hydrogen-bond acceptors (Lipinski definition) is 6. The van der Waals surface area contributed by atoms with Gasteiger partial charge in [-0.15, -0.1) is 0 Å². The molecule has 1 aliphatic heterocycles. The molecule has 0 radical (unpaired) electrons. The number of nitrogens with two attached hydrogens (primary N) is 1. The van der Waals surface area contributed by atoms with Gasteiger partial charge in [0.2, 0.25) is 5.13 Å². The maximum atomic E-state index is 5.87. The highest BCUT2D eigenvalue weighted by Crippen LogP contribution is 2.31. The Bertz CT molecular complexity index is 531. The third-order valence-corrected chi connectivity index (χ3v) is 3.85. The first-order chi connectivity index (χ1) is 8.19. The largest absolute Gasteiger partial charge is 0.382 e. The van der Waals surface area contributed by atoms with Crippen molar-refractivity contribution in [3.8, 4) is 0 Å². The minimum atomic E-state index is 0.630. The fraction of sp³-hybridized carbons (Fsp3) is 0.500.